The zero-order valence-electron chi connectivity index (χ0n) is 11.8. The lowest BCUT2D eigenvalue weighted by Crippen LogP contribution is -2.36. The predicted octanol–water partition coefficient (Wildman–Crippen LogP) is 3.01. The Kier molecular flexibility index (Phi) is 4.06. The molecular weight excluding hydrogens is 266 g/mol. The van der Waals surface area contributed by atoms with Crippen molar-refractivity contribution in [3.05, 3.63) is 60.1 Å². The highest BCUT2D eigenvalue weighted by Crippen LogP contribution is 2.28. The van der Waals surface area contributed by atoms with Crippen molar-refractivity contribution in [3.8, 4) is 0 Å². The maximum Gasteiger partial charge on any atom is 0.257 e. The molecule has 1 N–H and O–H groups in total. The number of likely N-dealkylation sites (tertiary alicyclic amines) is 1. The Balaban J connectivity index is 1.68. The molecule has 0 saturated carbocycles. The summed E-state index contributed by atoms with van der Waals surface area (Å²) in [7, 11) is 0. The van der Waals surface area contributed by atoms with E-state index in [9.17, 15) is 9.90 Å². The monoisotopic (exact) mass is 285 g/mol. The minimum absolute atomic E-state index is 0.00786. The van der Waals surface area contributed by atoms with Crippen LogP contribution >= 0.6 is 0 Å². The Morgan fingerprint density at radius 3 is 2.86 bits per heavy atom. The number of aliphatic hydroxyl groups excluding tert-OH is 1. The number of carbonyl (C=O) groups is 1. The minimum atomic E-state index is -0.533. The van der Waals surface area contributed by atoms with Crippen LogP contribution in [0, 0.1) is 0 Å². The standard InChI is InChI=1S/C17H19NO3/c19-16(13-5-2-1-3-6-13)11-15-7-4-9-18(15)17(20)14-8-10-21-12-14/h1-3,5-6,8,10,12,15-16,19H,4,7,9,11H2/t15-,16+/m1/s1. The van der Waals surface area contributed by atoms with Gasteiger partial charge in [-0.3, -0.25) is 4.79 Å². The maximum atomic E-state index is 12.4. The molecule has 0 bridgehead atoms. The molecule has 2 aromatic rings. The second kappa shape index (κ2) is 6.14. The van der Waals surface area contributed by atoms with Gasteiger partial charge in [-0.15, -0.1) is 0 Å². The Bertz CT molecular complexity index is 579. The highest BCUT2D eigenvalue weighted by atomic mass is 16.3. The third-order valence-corrected chi connectivity index (χ3v) is 4.09. The fourth-order valence-corrected chi connectivity index (χ4v) is 2.97. The molecule has 110 valence electrons. The molecule has 21 heavy (non-hydrogen) atoms. The van der Waals surface area contributed by atoms with Crippen LogP contribution in [0.2, 0.25) is 0 Å². The molecule has 3 rings (SSSR count). The van der Waals surface area contributed by atoms with E-state index < -0.39 is 6.10 Å². The van der Waals surface area contributed by atoms with Gasteiger partial charge in [-0.05, 0) is 30.9 Å². The number of aliphatic hydroxyl groups is 1. The molecule has 2 atom stereocenters. The summed E-state index contributed by atoms with van der Waals surface area (Å²) in [6.45, 7) is 0.746. The fraction of sp³-hybridized carbons (Fsp3) is 0.353. The molecule has 1 saturated heterocycles. The average Bonchev–Trinajstić information content (AvgIpc) is 3.19. The van der Waals surface area contributed by atoms with Gasteiger partial charge in [0.25, 0.3) is 5.91 Å². The SMILES string of the molecule is O=C(c1ccoc1)N1CCC[C@@H]1C[C@H](O)c1ccccc1. The van der Waals surface area contributed by atoms with Crippen molar-refractivity contribution in [1.29, 1.82) is 0 Å². The van der Waals surface area contributed by atoms with Crippen LogP contribution in [0.25, 0.3) is 0 Å². The third kappa shape index (κ3) is 3.00. The van der Waals surface area contributed by atoms with Crippen molar-refractivity contribution in [1.82, 2.24) is 4.90 Å². The van der Waals surface area contributed by atoms with E-state index in [1.807, 2.05) is 35.2 Å². The van der Waals surface area contributed by atoms with Gasteiger partial charge >= 0.3 is 0 Å². The van der Waals surface area contributed by atoms with Crippen LogP contribution < -0.4 is 0 Å². The van der Waals surface area contributed by atoms with Crippen molar-refractivity contribution in [2.24, 2.45) is 0 Å². The molecule has 0 unspecified atom stereocenters. The van der Waals surface area contributed by atoms with E-state index in [1.165, 1.54) is 12.5 Å². The molecule has 1 aliphatic heterocycles. The summed E-state index contributed by atoms with van der Waals surface area (Å²) in [5.41, 5.74) is 1.48. The molecule has 2 heterocycles. The Hall–Kier alpha value is -2.07. The molecule has 1 amide bonds. The number of benzene rings is 1. The molecular formula is C17H19NO3. The fourth-order valence-electron chi connectivity index (χ4n) is 2.97. The van der Waals surface area contributed by atoms with Gasteiger partial charge in [-0.1, -0.05) is 30.3 Å². The zero-order valence-corrected chi connectivity index (χ0v) is 11.8. The number of nitrogens with zero attached hydrogens (tertiary/aromatic N) is 1. The molecule has 0 aliphatic carbocycles. The smallest absolute Gasteiger partial charge is 0.257 e. The van der Waals surface area contributed by atoms with Crippen LogP contribution in [0.1, 0.15) is 41.3 Å². The number of hydrogen-bond donors (Lipinski definition) is 1. The zero-order chi connectivity index (χ0) is 14.7. The van der Waals surface area contributed by atoms with Gasteiger partial charge in [0, 0.05) is 12.6 Å². The molecule has 0 spiro atoms. The lowest BCUT2D eigenvalue weighted by Gasteiger charge is -2.26. The highest BCUT2D eigenvalue weighted by molar-refractivity contribution is 5.94. The average molecular weight is 285 g/mol. The van der Waals surface area contributed by atoms with E-state index in [0.29, 0.717) is 12.0 Å². The van der Waals surface area contributed by atoms with E-state index in [2.05, 4.69) is 0 Å². The normalized spacial score (nSPS) is 19.7. The van der Waals surface area contributed by atoms with E-state index in [0.717, 1.165) is 24.9 Å². The topological polar surface area (TPSA) is 53.7 Å². The first kappa shape index (κ1) is 13.9. The van der Waals surface area contributed by atoms with E-state index in [-0.39, 0.29) is 11.9 Å². The van der Waals surface area contributed by atoms with Crippen LogP contribution in [0.3, 0.4) is 0 Å². The van der Waals surface area contributed by atoms with Gasteiger partial charge in [0.05, 0.1) is 17.9 Å². The van der Waals surface area contributed by atoms with E-state index >= 15 is 0 Å². The summed E-state index contributed by atoms with van der Waals surface area (Å²) in [5, 5.41) is 10.4. The van der Waals surface area contributed by atoms with Gasteiger partial charge in [-0.2, -0.15) is 0 Å². The van der Waals surface area contributed by atoms with Gasteiger partial charge in [0.2, 0.25) is 0 Å². The van der Waals surface area contributed by atoms with Crippen LogP contribution in [-0.2, 0) is 0 Å². The molecule has 1 aromatic heterocycles. The minimum Gasteiger partial charge on any atom is -0.472 e. The number of amides is 1. The Morgan fingerprint density at radius 1 is 1.33 bits per heavy atom. The summed E-state index contributed by atoms with van der Waals surface area (Å²) >= 11 is 0. The molecule has 1 aliphatic rings. The van der Waals surface area contributed by atoms with Crippen molar-refractivity contribution in [2.45, 2.75) is 31.4 Å². The maximum absolute atomic E-state index is 12.4. The third-order valence-electron chi connectivity index (χ3n) is 4.09. The van der Waals surface area contributed by atoms with Gasteiger partial charge in [0.15, 0.2) is 0 Å². The van der Waals surface area contributed by atoms with Crippen molar-refractivity contribution >= 4 is 5.91 Å². The van der Waals surface area contributed by atoms with E-state index in [1.54, 1.807) is 6.07 Å². The quantitative estimate of drug-likeness (QED) is 0.939. The van der Waals surface area contributed by atoms with Crippen LogP contribution in [0.15, 0.2) is 53.3 Å². The van der Waals surface area contributed by atoms with Crippen LogP contribution in [-0.4, -0.2) is 28.5 Å². The Morgan fingerprint density at radius 2 is 2.14 bits per heavy atom. The number of furan rings is 1. The first-order valence-electron chi connectivity index (χ1n) is 7.32. The van der Waals surface area contributed by atoms with Crippen molar-refractivity contribution < 1.29 is 14.3 Å². The van der Waals surface area contributed by atoms with Crippen LogP contribution in [0.4, 0.5) is 0 Å². The second-order valence-electron chi connectivity index (χ2n) is 5.47. The summed E-state index contributed by atoms with van der Waals surface area (Å²) in [6.07, 6.45) is 4.95. The highest BCUT2D eigenvalue weighted by Gasteiger charge is 2.31. The lowest BCUT2D eigenvalue weighted by molar-refractivity contribution is 0.0666. The molecule has 1 aromatic carbocycles. The Labute approximate surface area is 124 Å². The molecule has 1 fully saturated rings. The summed E-state index contributed by atoms with van der Waals surface area (Å²) in [4.78, 5) is 14.3. The number of rotatable bonds is 4. The number of carbonyl (C=O) groups excluding carboxylic acids is 1. The molecule has 4 heteroatoms. The second-order valence-corrected chi connectivity index (χ2v) is 5.47. The van der Waals surface area contributed by atoms with Gasteiger partial charge in [-0.25, -0.2) is 0 Å². The van der Waals surface area contributed by atoms with Crippen molar-refractivity contribution in [3.63, 3.8) is 0 Å². The summed E-state index contributed by atoms with van der Waals surface area (Å²) < 4.78 is 4.98. The molecule has 4 nitrogen and oxygen atoms in total. The summed E-state index contributed by atoms with van der Waals surface area (Å²) in [5.74, 6) is -0.00786. The first-order chi connectivity index (χ1) is 10.3. The van der Waals surface area contributed by atoms with E-state index in [4.69, 9.17) is 4.42 Å². The van der Waals surface area contributed by atoms with Crippen LogP contribution in [0.5, 0.6) is 0 Å². The lowest BCUT2D eigenvalue weighted by atomic mass is 10.0. The van der Waals surface area contributed by atoms with Crippen molar-refractivity contribution in [2.75, 3.05) is 6.54 Å². The predicted molar refractivity (Wildman–Crippen MR) is 78.8 cm³/mol. The number of hydrogen-bond acceptors (Lipinski definition) is 3. The summed E-state index contributed by atoms with van der Waals surface area (Å²) in [6, 6.07) is 11.4. The first-order valence-corrected chi connectivity index (χ1v) is 7.32. The van der Waals surface area contributed by atoms with Gasteiger partial charge in [0.1, 0.15) is 6.26 Å². The van der Waals surface area contributed by atoms with Gasteiger partial charge < -0.3 is 14.4 Å². The largest absolute Gasteiger partial charge is 0.472 e. The molecule has 0 radical (unpaired) electrons.